The van der Waals surface area contributed by atoms with E-state index in [4.69, 9.17) is 26.8 Å². The van der Waals surface area contributed by atoms with Crippen LogP contribution in [0.1, 0.15) is 18.4 Å². The number of nitrogens with two attached hydrogens (primary N) is 1. The molecule has 1 fully saturated rings. The van der Waals surface area contributed by atoms with Crippen LogP contribution < -0.4 is 15.2 Å². The van der Waals surface area contributed by atoms with E-state index in [1.165, 1.54) is 0 Å². The Balaban J connectivity index is 2.12. The molecule has 0 unspecified atom stereocenters. The fourth-order valence-corrected chi connectivity index (χ4v) is 2.46. The van der Waals surface area contributed by atoms with E-state index >= 15 is 0 Å². The second-order valence-corrected chi connectivity index (χ2v) is 4.84. The number of hydrogen-bond acceptors (Lipinski definition) is 3. The van der Waals surface area contributed by atoms with Gasteiger partial charge in [-0.15, -0.1) is 0 Å². The lowest BCUT2D eigenvalue weighted by atomic mass is 9.94. The summed E-state index contributed by atoms with van der Waals surface area (Å²) in [5.74, 6) is 1.49. The maximum atomic E-state index is 6.09. The van der Waals surface area contributed by atoms with Gasteiger partial charge < -0.3 is 15.2 Å². The summed E-state index contributed by atoms with van der Waals surface area (Å²) in [6.07, 6.45) is 2.25. The first-order chi connectivity index (χ1) is 7.77. The van der Waals surface area contributed by atoms with E-state index < -0.39 is 0 Å². The summed E-state index contributed by atoms with van der Waals surface area (Å²) in [7, 11) is 0. The van der Waals surface area contributed by atoms with Crippen LogP contribution in [-0.2, 0) is 5.41 Å². The number of hydrogen-bond donors (Lipinski definition) is 1. The Morgan fingerprint density at radius 2 is 1.88 bits per heavy atom. The molecule has 0 bridgehead atoms. The summed E-state index contributed by atoms with van der Waals surface area (Å²) >= 11 is 6.09. The molecule has 1 saturated carbocycles. The molecule has 86 valence electrons. The molecule has 0 atom stereocenters. The van der Waals surface area contributed by atoms with E-state index in [9.17, 15) is 0 Å². The summed E-state index contributed by atoms with van der Waals surface area (Å²) in [5, 5.41) is 0.617. The van der Waals surface area contributed by atoms with E-state index in [0.29, 0.717) is 30.5 Å². The fourth-order valence-electron chi connectivity index (χ4n) is 2.26. The normalized spacial score (nSPS) is 20.6. The molecule has 2 aliphatic rings. The van der Waals surface area contributed by atoms with Crippen LogP contribution in [0, 0.1) is 0 Å². The van der Waals surface area contributed by atoms with Gasteiger partial charge in [-0.1, -0.05) is 17.7 Å². The molecule has 1 heterocycles. The minimum atomic E-state index is 0.107. The summed E-state index contributed by atoms with van der Waals surface area (Å²) in [4.78, 5) is 0. The zero-order chi connectivity index (χ0) is 11.2. The Bertz CT molecular complexity index is 429. The maximum absolute atomic E-state index is 6.09. The van der Waals surface area contributed by atoms with E-state index in [2.05, 4.69) is 0 Å². The van der Waals surface area contributed by atoms with Gasteiger partial charge >= 0.3 is 0 Å². The second-order valence-electron chi connectivity index (χ2n) is 4.43. The molecule has 1 aromatic rings. The topological polar surface area (TPSA) is 44.5 Å². The van der Waals surface area contributed by atoms with Gasteiger partial charge in [-0.3, -0.25) is 0 Å². The van der Waals surface area contributed by atoms with Crippen molar-refractivity contribution in [1.82, 2.24) is 0 Å². The van der Waals surface area contributed by atoms with Gasteiger partial charge in [0.05, 0.1) is 5.02 Å². The molecule has 1 aliphatic carbocycles. The third-order valence-electron chi connectivity index (χ3n) is 3.46. The summed E-state index contributed by atoms with van der Waals surface area (Å²) in [6.45, 7) is 1.80. The molecule has 3 rings (SSSR count). The van der Waals surface area contributed by atoms with Crippen molar-refractivity contribution in [2.75, 3.05) is 19.8 Å². The largest absolute Gasteiger partial charge is 0.486 e. The molecule has 16 heavy (non-hydrogen) atoms. The zero-order valence-electron chi connectivity index (χ0n) is 8.96. The lowest BCUT2D eigenvalue weighted by molar-refractivity contribution is 0.169. The third kappa shape index (κ3) is 1.39. The maximum Gasteiger partial charge on any atom is 0.180 e. The zero-order valence-corrected chi connectivity index (χ0v) is 9.72. The van der Waals surface area contributed by atoms with Crippen molar-refractivity contribution in [3.8, 4) is 11.5 Å². The highest BCUT2D eigenvalue weighted by molar-refractivity contribution is 6.32. The Morgan fingerprint density at radius 3 is 2.50 bits per heavy atom. The van der Waals surface area contributed by atoms with Gasteiger partial charge in [-0.2, -0.15) is 0 Å². The summed E-state index contributed by atoms with van der Waals surface area (Å²) in [6, 6.07) is 3.90. The van der Waals surface area contributed by atoms with E-state index in [1.54, 1.807) is 0 Å². The summed E-state index contributed by atoms with van der Waals surface area (Å²) < 4.78 is 11.3. The minimum Gasteiger partial charge on any atom is -0.486 e. The molecular formula is C12H14ClNO2. The fraction of sp³-hybridized carbons (Fsp3) is 0.500. The van der Waals surface area contributed by atoms with Gasteiger partial charge in [-0.25, -0.2) is 0 Å². The molecular weight excluding hydrogens is 226 g/mol. The smallest absolute Gasteiger partial charge is 0.180 e. The number of ether oxygens (including phenoxy) is 2. The second kappa shape index (κ2) is 3.54. The van der Waals surface area contributed by atoms with Crippen molar-refractivity contribution < 1.29 is 9.47 Å². The molecule has 1 aromatic carbocycles. The van der Waals surface area contributed by atoms with Crippen LogP contribution >= 0.6 is 11.6 Å². The molecule has 0 aromatic heterocycles. The van der Waals surface area contributed by atoms with Crippen molar-refractivity contribution in [2.45, 2.75) is 18.3 Å². The van der Waals surface area contributed by atoms with Crippen LogP contribution in [-0.4, -0.2) is 19.8 Å². The SMILES string of the molecule is NCC1(c2ccc(Cl)c3c2OCCO3)CC1. The molecule has 4 heteroatoms. The first-order valence-electron chi connectivity index (χ1n) is 5.55. The Morgan fingerprint density at radius 1 is 1.19 bits per heavy atom. The number of rotatable bonds is 2. The first-order valence-corrected chi connectivity index (χ1v) is 5.93. The molecule has 1 aliphatic heterocycles. The molecule has 0 saturated heterocycles. The van der Waals surface area contributed by atoms with Gasteiger partial charge in [0.1, 0.15) is 13.2 Å². The average Bonchev–Trinajstić information content (AvgIpc) is 3.11. The third-order valence-corrected chi connectivity index (χ3v) is 3.75. The highest BCUT2D eigenvalue weighted by Gasteiger charge is 2.46. The van der Waals surface area contributed by atoms with Crippen LogP contribution in [0.25, 0.3) is 0 Å². The average molecular weight is 240 g/mol. The van der Waals surface area contributed by atoms with Gasteiger partial charge in [0.15, 0.2) is 11.5 Å². The molecule has 2 N–H and O–H groups in total. The monoisotopic (exact) mass is 239 g/mol. The van der Waals surface area contributed by atoms with Gasteiger partial charge in [0, 0.05) is 17.5 Å². The lowest BCUT2D eigenvalue weighted by Crippen LogP contribution is -2.24. The van der Waals surface area contributed by atoms with Crippen LogP contribution in [0.15, 0.2) is 12.1 Å². The minimum absolute atomic E-state index is 0.107. The quantitative estimate of drug-likeness (QED) is 0.860. The van der Waals surface area contributed by atoms with Crippen LogP contribution in [0.5, 0.6) is 11.5 Å². The predicted octanol–water partition coefficient (Wildman–Crippen LogP) is 2.10. The molecule has 0 radical (unpaired) electrons. The highest BCUT2D eigenvalue weighted by Crippen LogP contribution is 2.54. The van der Waals surface area contributed by atoms with Crippen molar-refractivity contribution >= 4 is 11.6 Å². The van der Waals surface area contributed by atoms with Crippen molar-refractivity contribution in [3.05, 3.63) is 22.7 Å². The first kappa shape index (κ1) is 10.2. The standard InChI is InChI=1S/C12H14ClNO2/c13-9-2-1-8(12(7-14)3-4-12)10-11(9)16-6-5-15-10/h1-2H,3-7,14H2. The van der Waals surface area contributed by atoms with E-state index in [0.717, 1.165) is 24.2 Å². The van der Waals surface area contributed by atoms with Crippen LogP contribution in [0.2, 0.25) is 5.02 Å². The molecule has 0 amide bonds. The van der Waals surface area contributed by atoms with Gasteiger partial charge in [0.25, 0.3) is 0 Å². The van der Waals surface area contributed by atoms with Crippen LogP contribution in [0.4, 0.5) is 0 Å². The number of benzene rings is 1. The van der Waals surface area contributed by atoms with Crippen molar-refractivity contribution in [3.63, 3.8) is 0 Å². The van der Waals surface area contributed by atoms with Crippen molar-refractivity contribution in [2.24, 2.45) is 5.73 Å². The number of fused-ring (bicyclic) bond motifs is 1. The Kier molecular flexibility index (Phi) is 2.26. The van der Waals surface area contributed by atoms with E-state index in [1.807, 2.05) is 12.1 Å². The van der Waals surface area contributed by atoms with Crippen molar-refractivity contribution in [1.29, 1.82) is 0 Å². The van der Waals surface area contributed by atoms with Gasteiger partial charge in [-0.05, 0) is 18.9 Å². The highest BCUT2D eigenvalue weighted by atomic mass is 35.5. The Labute approximate surface area is 99.5 Å². The van der Waals surface area contributed by atoms with Gasteiger partial charge in [0.2, 0.25) is 0 Å². The van der Waals surface area contributed by atoms with Crippen LogP contribution in [0.3, 0.4) is 0 Å². The molecule has 3 nitrogen and oxygen atoms in total. The number of halogens is 1. The Hall–Kier alpha value is -0.930. The molecule has 0 spiro atoms. The summed E-state index contributed by atoms with van der Waals surface area (Å²) in [5.41, 5.74) is 7.11. The predicted molar refractivity (Wildman–Crippen MR) is 62.4 cm³/mol. The lowest BCUT2D eigenvalue weighted by Gasteiger charge is -2.25. The van der Waals surface area contributed by atoms with E-state index in [-0.39, 0.29) is 5.41 Å².